The molecule has 0 aliphatic heterocycles. The Morgan fingerprint density at radius 3 is 2.67 bits per heavy atom. The molecule has 0 heterocycles. The summed E-state index contributed by atoms with van der Waals surface area (Å²) in [5.41, 5.74) is 7.51. The zero-order valence-corrected chi connectivity index (χ0v) is 11.5. The number of amides is 1. The second-order valence-corrected chi connectivity index (χ2v) is 4.49. The summed E-state index contributed by atoms with van der Waals surface area (Å²) < 4.78 is 0. The van der Waals surface area contributed by atoms with Gasteiger partial charge < -0.3 is 11.1 Å². The highest BCUT2D eigenvalue weighted by Crippen LogP contribution is 2.22. The van der Waals surface area contributed by atoms with E-state index in [1.165, 1.54) is 18.2 Å². The van der Waals surface area contributed by atoms with E-state index in [4.69, 9.17) is 5.73 Å². The molecular formula is C15H15N3O3. The molecule has 1 amide bonds. The van der Waals surface area contributed by atoms with E-state index < -0.39 is 10.8 Å². The monoisotopic (exact) mass is 285 g/mol. The Balaban J connectivity index is 2.32. The fourth-order valence-electron chi connectivity index (χ4n) is 1.99. The number of para-hydroxylation sites is 1. The summed E-state index contributed by atoms with van der Waals surface area (Å²) in [5.74, 6) is -0.461. The van der Waals surface area contributed by atoms with Crippen LogP contribution in [0.3, 0.4) is 0 Å². The molecule has 2 rings (SSSR count). The smallest absolute Gasteiger partial charge is 0.270 e. The molecule has 2 aromatic rings. The third-order valence-electron chi connectivity index (χ3n) is 3.14. The topological polar surface area (TPSA) is 98.3 Å². The molecule has 21 heavy (non-hydrogen) atoms. The minimum atomic E-state index is -0.559. The first-order valence-corrected chi connectivity index (χ1v) is 6.46. The highest BCUT2D eigenvalue weighted by molar-refractivity contribution is 6.08. The maximum atomic E-state index is 12.3. The van der Waals surface area contributed by atoms with E-state index in [9.17, 15) is 14.9 Å². The van der Waals surface area contributed by atoms with Crippen molar-refractivity contribution >= 4 is 23.0 Å². The van der Waals surface area contributed by atoms with Gasteiger partial charge in [-0.15, -0.1) is 0 Å². The van der Waals surface area contributed by atoms with Crippen molar-refractivity contribution in [2.75, 3.05) is 11.1 Å². The Hall–Kier alpha value is -2.89. The van der Waals surface area contributed by atoms with E-state index in [2.05, 4.69) is 5.32 Å². The van der Waals surface area contributed by atoms with E-state index in [1.807, 2.05) is 25.1 Å². The molecule has 2 aromatic carbocycles. The van der Waals surface area contributed by atoms with Crippen LogP contribution >= 0.6 is 0 Å². The summed E-state index contributed by atoms with van der Waals surface area (Å²) in [7, 11) is 0. The van der Waals surface area contributed by atoms with Crippen LogP contribution < -0.4 is 11.1 Å². The van der Waals surface area contributed by atoms with Crippen LogP contribution in [0.15, 0.2) is 42.5 Å². The molecule has 0 aromatic heterocycles. The van der Waals surface area contributed by atoms with Gasteiger partial charge in [-0.2, -0.15) is 0 Å². The van der Waals surface area contributed by atoms with Crippen molar-refractivity contribution in [3.05, 3.63) is 63.7 Å². The van der Waals surface area contributed by atoms with Gasteiger partial charge in [0.15, 0.2) is 0 Å². The van der Waals surface area contributed by atoms with Gasteiger partial charge in [0, 0.05) is 23.5 Å². The van der Waals surface area contributed by atoms with E-state index >= 15 is 0 Å². The highest BCUT2D eigenvalue weighted by Gasteiger charge is 2.16. The number of hydrogen-bond donors (Lipinski definition) is 2. The number of aryl methyl sites for hydroxylation is 1. The Morgan fingerprint density at radius 2 is 2.00 bits per heavy atom. The van der Waals surface area contributed by atoms with Crippen molar-refractivity contribution in [2.24, 2.45) is 0 Å². The van der Waals surface area contributed by atoms with Crippen LogP contribution in [0.25, 0.3) is 0 Å². The van der Waals surface area contributed by atoms with Crippen molar-refractivity contribution in [1.82, 2.24) is 0 Å². The number of anilines is 2. The number of carbonyl (C=O) groups is 1. The molecule has 0 bridgehead atoms. The lowest BCUT2D eigenvalue weighted by Gasteiger charge is -2.10. The van der Waals surface area contributed by atoms with Crippen LogP contribution in [0.5, 0.6) is 0 Å². The zero-order valence-electron chi connectivity index (χ0n) is 11.5. The summed E-state index contributed by atoms with van der Waals surface area (Å²) in [6.45, 7) is 1.98. The number of nitrogen functional groups attached to an aromatic ring is 1. The molecule has 0 radical (unpaired) electrons. The predicted molar refractivity (Wildman–Crippen MR) is 81.3 cm³/mol. The average Bonchev–Trinajstić information content (AvgIpc) is 2.47. The number of nitro groups is 1. The van der Waals surface area contributed by atoms with E-state index in [0.717, 1.165) is 12.0 Å². The van der Waals surface area contributed by atoms with Gasteiger partial charge in [-0.1, -0.05) is 25.1 Å². The van der Waals surface area contributed by atoms with Gasteiger partial charge in [0.1, 0.15) is 0 Å². The summed E-state index contributed by atoms with van der Waals surface area (Å²) in [6, 6.07) is 11.2. The number of carbonyl (C=O) groups excluding carboxylic acids is 1. The van der Waals surface area contributed by atoms with Gasteiger partial charge in [-0.05, 0) is 24.1 Å². The standard InChI is InChI=1S/C15H15N3O3/c1-2-10-5-3-4-6-14(10)17-15(19)12-9-11(18(20)21)7-8-13(12)16/h3-9H,2,16H2,1H3,(H,17,19). The van der Waals surface area contributed by atoms with Gasteiger partial charge in [0.2, 0.25) is 0 Å². The number of benzene rings is 2. The van der Waals surface area contributed by atoms with Gasteiger partial charge >= 0.3 is 0 Å². The molecule has 0 atom stereocenters. The average molecular weight is 285 g/mol. The van der Waals surface area contributed by atoms with Crippen LogP contribution in [0.1, 0.15) is 22.8 Å². The molecule has 6 heteroatoms. The number of nitrogens with two attached hydrogens (primary N) is 1. The molecule has 3 N–H and O–H groups in total. The molecule has 6 nitrogen and oxygen atoms in total. The van der Waals surface area contributed by atoms with Crippen molar-refractivity contribution in [2.45, 2.75) is 13.3 Å². The minimum Gasteiger partial charge on any atom is -0.398 e. The fourth-order valence-corrected chi connectivity index (χ4v) is 1.99. The van der Waals surface area contributed by atoms with Crippen LogP contribution in [-0.4, -0.2) is 10.8 Å². The first-order chi connectivity index (χ1) is 10.0. The van der Waals surface area contributed by atoms with E-state index in [1.54, 1.807) is 6.07 Å². The first-order valence-electron chi connectivity index (χ1n) is 6.46. The molecule has 0 aliphatic rings. The Bertz CT molecular complexity index is 698. The van der Waals surface area contributed by atoms with E-state index in [-0.39, 0.29) is 16.9 Å². The van der Waals surface area contributed by atoms with Crippen molar-refractivity contribution in [3.63, 3.8) is 0 Å². The molecule has 0 fully saturated rings. The van der Waals surface area contributed by atoms with Crippen LogP contribution in [-0.2, 0) is 6.42 Å². The Labute approximate surface area is 121 Å². The third-order valence-corrected chi connectivity index (χ3v) is 3.14. The van der Waals surface area contributed by atoms with Crippen LogP contribution in [0.4, 0.5) is 17.1 Å². The second-order valence-electron chi connectivity index (χ2n) is 4.49. The number of nitro benzene ring substituents is 1. The van der Waals surface area contributed by atoms with Gasteiger partial charge in [0.05, 0.1) is 10.5 Å². The normalized spacial score (nSPS) is 10.1. The summed E-state index contributed by atoms with van der Waals surface area (Å²) in [5, 5.41) is 13.5. The summed E-state index contributed by atoms with van der Waals surface area (Å²) >= 11 is 0. The van der Waals surface area contributed by atoms with Crippen LogP contribution in [0, 0.1) is 10.1 Å². The van der Waals surface area contributed by atoms with E-state index in [0.29, 0.717) is 5.69 Å². The summed E-state index contributed by atoms with van der Waals surface area (Å²) in [6.07, 6.45) is 0.765. The van der Waals surface area contributed by atoms with Crippen molar-refractivity contribution in [3.8, 4) is 0 Å². The second kappa shape index (κ2) is 6.04. The highest BCUT2D eigenvalue weighted by atomic mass is 16.6. The van der Waals surface area contributed by atoms with Crippen molar-refractivity contribution < 1.29 is 9.72 Å². The number of rotatable bonds is 4. The first kappa shape index (κ1) is 14.5. The fraction of sp³-hybridized carbons (Fsp3) is 0.133. The lowest BCUT2D eigenvalue weighted by Crippen LogP contribution is -2.15. The van der Waals surface area contributed by atoms with Crippen LogP contribution in [0.2, 0.25) is 0 Å². The lowest BCUT2D eigenvalue weighted by atomic mass is 10.1. The summed E-state index contributed by atoms with van der Waals surface area (Å²) in [4.78, 5) is 22.5. The molecule has 0 aliphatic carbocycles. The molecule has 0 spiro atoms. The molecule has 0 unspecified atom stereocenters. The minimum absolute atomic E-state index is 0.0927. The maximum absolute atomic E-state index is 12.3. The molecule has 0 saturated carbocycles. The molecule has 0 saturated heterocycles. The molecular weight excluding hydrogens is 270 g/mol. The van der Waals surface area contributed by atoms with Crippen molar-refractivity contribution in [1.29, 1.82) is 0 Å². The third kappa shape index (κ3) is 3.17. The number of nitrogens with zero attached hydrogens (tertiary/aromatic N) is 1. The van der Waals surface area contributed by atoms with Gasteiger partial charge in [-0.3, -0.25) is 14.9 Å². The van der Waals surface area contributed by atoms with Gasteiger partial charge in [-0.25, -0.2) is 0 Å². The van der Waals surface area contributed by atoms with Gasteiger partial charge in [0.25, 0.3) is 11.6 Å². The SMILES string of the molecule is CCc1ccccc1NC(=O)c1cc([N+](=O)[O-])ccc1N. The lowest BCUT2D eigenvalue weighted by molar-refractivity contribution is -0.384. The Morgan fingerprint density at radius 1 is 1.29 bits per heavy atom. The number of hydrogen-bond acceptors (Lipinski definition) is 4. The molecule has 108 valence electrons. The maximum Gasteiger partial charge on any atom is 0.270 e. The number of non-ortho nitro benzene ring substituents is 1. The largest absolute Gasteiger partial charge is 0.398 e. The Kier molecular flexibility index (Phi) is 4.18. The predicted octanol–water partition coefficient (Wildman–Crippen LogP) is 2.99. The zero-order chi connectivity index (χ0) is 15.4. The number of nitrogens with one attached hydrogen (secondary N) is 1. The quantitative estimate of drug-likeness (QED) is 0.512.